The van der Waals surface area contributed by atoms with Gasteiger partial charge in [0.25, 0.3) is 0 Å². The fourth-order valence-corrected chi connectivity index (χ4v) is 4.04. The van der Waals surface area contributed by atoms with E-state index in [9.17, 15) is 14.0 Å². The fourth-order valence-electron chi connectivity index (χ4n) is 4.04. The maximum atomic E-state index is 15.0. The third-order valence-corrected chi connectivity index (χ3v) is 5.47. The third kappa shape index (κ3) is 5.11. The van der Waals surface area contributed by atoms with Gasteiger partial charge in [0.2, 0.25) is 5.88 Å². The van der Waals surface area contributed by atoms with Crippen molar-refractivity contribution in [1.82, 2.24) is 10.3 Å². The van der Waals surface area contributed by atoms with Crippen LogP contribution < -0.4 is 10.1 Å². The van der Waals surface area contributed by atoms with Gasteiger partial charge >= 0.3 is 12.2 Å². The molecule has 9 nitrogen and oxygen atoms in total. The molecule has 2 aliphatic heterocycles. The summed E-state index contributed by atoms with van der Waals surface area (Å²) in [6.45, 7) is 5.54. The molecule has 2 saturated heterocycles. The number of hydrogen-bond acceptors (Lipinski definition) is 8. The van der Waals surface area contributed by atoms with Crippen molar-refractivity contribution in [2.75, 3.05) is 13.7 Å². The molecule has 4 atom stereocenters. The summed E-state index contributed by atoms with van der Waals surface area (Å²) in [7, 11) is 1.46. The molecule has 10 heteroatoms. The summed E-state index contributed by atoms with van der Waals surface area (Å²) in [5, 5.41) is 3.44. The van der Waals surface area contributed by atoms with Crippen molar-refractivity contribution in [2.45, 2.75) is 63.6 Å². The zero-order chi connectivity index (χ0) is 23.8. The van der Waals surface area contributed by atoms with Gasteiger partial charge in [0.05, 0.1) is 36.9 Å². The summed E-state index contributed by atoms with van der Waals surface area (Å²) in [5.74, 6) is -0.266. The molecule has 4 rings (SSSR count). The van der Waals surface area contributed by atoms with E-state index < -0.39 is 42.0 Å². The number of halogens is 1. The Kier molecular flexibility index (Phi) is 6.29. The standard InChI is InChI=1S/C23H27FN2O7/c1-23(2,3)33-21(27)25-13-7-9-15(30-11-13)19-20(32-22(28)31-19)17-14(24)8-5-12-6-10-16(29-4)26-18(12)17/h5-6,8,10,13,15,19-20H,7,9,11H2,1-4H3,(H,25,27). The van der Waals surface area contributed by atoms with E-state index in [2.05, 4.69) is 10.3 Å². The highest BCUT2D eigenvalue weighted by molar-refractivity contribution is 5.83. The Morgan fingerprint density at radius 1 is 1.18 bits per heavy atom. The predicted octanol–water partition coefficient (Wildman–Crippen LogP) is 4.03. The number of nitrogens with one attached hydrogen (secondary N) is 1. The van der Waals surface area contributed by atoms with Gasteiger partial charge in [-0.05, 0) is 51.8 Å². The minimum absolute atomic E-state index is 0.111. The van der Waals surface area contributed by atoms with Crippen LogP contribution in [0.2, 0.25) is 0 Å². The lowest BCUT2D eigenvalue weighted by Crippen LogP contribution is -2.47. The number of cyclic esters (lactones) is 2. The van der Waals surface area contributed by atoms with Crippen molar-refractivity contribution in [1.29, 1.82) is 0 Å². The first-order valence-corrected chi connectivity index (χ1v) is 10.8. The van der Waals surface area contributed by atoms with Gasteiger partial charge in [0, 0.05) is 11.5 Å². The van der Waals surface area contributed by atoms with Gasteiger partial charge in [0.15, 0.2) is 12.2 Å². The number of nitrogens with zero attached hydrogens (tertiary/aromatic N) is 1. The summed E-state index contributed by atoms with van der Waals surface area (Å²) in [6.07, 6.45) is -2.86. The van der Waals surface area contributed by atoms with E-state index in [0.717, 1.165) is 0 Å². The molecule has 0 spiro atoms. The molecular formula is C23H27FN2O7. The third-order valence-electron chi connectivity index (χ3n) is 5.47. The number of ether oxygens (including phenoxy) is 5. The molecule has 33 heavy (non-hydrogen) atoms. The molecule has 178 valence electrons. The van der Waals surface area contributed by atoms with Crippen molar-refractivity contribution >= 4 is 23.2 Å². The zero-order valence-electron chi connectivity index (χ0n) is 18.9. The number of amides is 1. The summed E-state index contributed by atoms with van der Waals surface area (Å²) >= 11 is 0. The summed E-state index contributed by atoms with van der Waals surface area (Å²) < 4.78 is 42.1. The Morgan fingerprint density at radius 3 is 2.61 bits per heavy atom. The van der Waals surface area contributed by atoms with E-state index in [1.54, 1.807) is 39.0 Å². The second-order valence-corrected chi connectivity index (χ2v) is 9.05. The van der Waals surface area contributed by atoms with Gasteiger partial charge in [-0.25, -0.2) is 19.0 Å². The van der Waals surface area contributed by atoms with Crippen molar-refractivity contribution in [3.63, 3.8) is 0 Å². The van der Waals surface area contributed by atoms with Crippen LogP contribution in [-0.2, 0) is 18.9 Å². The van der Waals surface area contributed by atoms with Gasteiger partial charge in [0.1, 0.15) is 11.4 Å². The molecule has 0 aliphatic carbocycles. The number of alkyl carbamates (subject to hydrolysis) is 1. The normalized spacial score (nSPS) is 25.3. The number of hydrogen-bond donors (Lipinski definition) is 1. The maximum Gasteiger partial charge on any atom is 0.509 e. The highest BCUT2D eigenvalue weighted by Crippen LogP contribution is 2.40. The van der Waals surface area contributed by atoms with Crippen molar-refractivity contribution < 1.29 is 37.7 Å². The Balaban J connectivity index is 1.51. The van der Waals surface area contributed by atoms with Crippen LogP contribution in [0.5, 0.6) is 5.88 Å². The van der Waals surface area contributed by atoms with Gasteiger partial charge in [-0.15, -0.1) is 0 Å². The molecule has 2 aromatic rings. The van der Waals surface area contributed by atoms with Gasteiger partial charge in [-0.1, -0.05) is 0 Å². The lowest BCUT2D eigenvalue weighted by Gasteiger charge is -2.33. The van der Waals surface area contributed by atoms with E-state index in [0.29, 0.717) is 29.6 Å². The Hall–Kier alpha value is -3.14. The van der Waals surface area contributed by atoms with Crippen molar-refractivity contribution in [3.05, 3.63) is 35.6 Å². The van der Waals surface area contributed by atoms with E-state index >= 15 is 0 Å². The number of carbonyl (C=O) groups excluding carboxylic acids is 2. The molecule has 1 aromatic heterocycles. The quantitative estimate of drug-likeness (QED) is 0.679. The number of methoxy groups -OCH3 is 1. The summed E-state index contributed by atoms with van der Waals surface area (Å²) in [5.41, 5.74) is -0.174. The number of rotatable bonds is 4. The number of aromatic nitrogens is 1. The average molecular weight is 462 g/mol. The Labute approximate surface area is 190 Å². The number of pyridine rings is 1. The molecule has 3 heterocycles. The molecule has 0 bridgehead atoms. The molecule has 0 radical (unpaired) electrons. The van der Waals surface area contributed by atoms with Crippen LogP contribution in [0.4, 0.5) is 14.0 Å². The van der Waals surface area contributed by atoms with Crippen LogP contribution in [0.1, 0.15) is 45.3 Å². The minimum Gasteiger partial charge on any atom is -0.481 e. The number of benzene rings is 1. The summed E-state index contributed by atoms with van der Waals surface area (Å²) in [6, 6.07) is 6.06. The predicted molar refractivity (Wildman–Crippen MR) is 114 cm³/mol. The van der Waals surface area contributed by atoms with E-state index in [-0.39, 0.29) is 18.2 Å². The first kappa shape index (κ1) is 23.0. The second-order valence-electron chi connectivity index (χ2n) is 9.05. The molecular weight excluding hydrogens is 435 g/mol. The molecule has 1 aromatic carbocycles. The molecule has 4 unspecified atom stereocenters. The Morgan fingerprint density at radius 2 is 1.94 bits per heavy atom. The molecule has 2 aliphatic rings. The first-order chi connectivity index (χ1) is 15.6. The highest BCUT2D eigenvalue weighted by Gasteiger charge is 2.47. The highest BCUT2D eigenvalue weighted by atomic mass is 19.1. The molecule has 1 amide bonds. The van der Waals surface area contributed by atoms with Crippen LogP contribution in [0.15, 0.2) is 24.3 Å². The fraction of sp³-hybridized carbons (Fsp3) is 0.522. The van der Waals surface area contributed by atoms with Crippen LogP contribution in [0, 0.1) is 5.82 Å². The monoisotopic (exact) mass is 462 g/mol. The SMILES string of the molecule is COc1ccc2ccc(F)c(C3OC(=O)OC3C3CCC(NC(=O)OC(C)(C)C)CO3)c2n1. The smallest absolute Gasteiger partial charge is 0.481 e. The second kappa shape index (κ2) is 9.01. The van der Waals surface area contributed by atoms with Gasteiger partial charge in [-0.2, -0.15) is 0 Å². The largest absolute Gasteiger partial charge is 0.509 e. The number of fused-ring (bicyclic) bond motifs is 1. The van der Waals surface area contributed by atoms with Crippen molar-refractivity contribution in [3.8, 4) is 5.88 Å². The first-order valence-electron chi connectivity index (χ1n) is 10.8. The van der Waals surface area contributed by atoms with Crippen molar-refractivity contribution in [2.24, 2.45) is 0 Å². The molecule has 0 saturated carbocycles. The van der Waals surface area contributed by atoms with Gasteiger partial charge < -0.3 is 29.0 Å². The van der Waals surface area contributed by atoms with E-state index in [1.165, 1.54) is 13.2 Å². The average Bonchev–Trinajstić information content (AvgIpc) is 3.13. The Bertz CT molecular complexity index is 1050. The van der Waals surface area contributed by atoms with Crippen LogP contribution in [0.25, 0.3) is 10.9 Å². The van der Waals surface area contributed by atoms with E-state index in [1.807, 2.05) is 0 Å². The maximum absolute atomic E-state index is 15.0. The molecule has 2 fully saturated rings. The van der Waals surface area contributed by atoms with Crippen LogP contribution >= 0.6 is 0 Å². The van der Waals surface area contributed by atoms with E-state index in [4.69, 9.17) is 23.7 Å². The lowest BCUT2D eigenvalue weighted by molar-refractivity contribution is -0.0747. The summed E-state index contributed by atoms with van der Waals surface area (Å²) in [4.78, 5) is 28.4. The zero-order valence-corrected chi connectivity index (χ0v) is 18.9. The lowest BCUT2D eigenvalue weighted by atomic mass is 9.93. The minimum atomic E-state index is -1.04. The topological polar surface area (TPSA) is 105 Å². The van der Waals surface area contributed by atoms with Crippen LogP contribution in [-0.4, -0.2) is 54.8 Å². The van der Waals surface area contributed by atoms with Crippen LogP contribution in [0.3, 0.4) is 0 Å². The number of carbonyl (C=O) groups is 2. The molecule has 1 N–H and O–H groups in total. The van der Waals surface area contributed by atoms with Gasteiger partial charge in [-0.3, -0.25) is 0 Å².